The molecular weight excluding hydrogens is 153 g/mol. The summed E-state index contributed by atoms with van der Waals surface area (Å²) >= 11 is 0. The van der Waals surface area contributed by atoms with Gasteiger partial charge in [-0.25, -0.2) is 0 Å². The van der Waals surface area contributed by atoms with Crippen molar-refractivity contribution in [2.24, 2.45) is 5.92 Å². The van der Waals surface area contributed by atoms with E-state index < -0.39 is 0 Å². The lowest BCUT2D eigenvalue weighted by Gasteiger charge is -2.18. The molecule has 1 saturated heterocycles. The summed E-state index contributed by atoms with van der Waals surface area (Å²) in [6.07, 6.45) is 4.67. The molecule has 0 aromatic carbocycles. The molecule has 0 aromatic heterocycles. The minimum Gasteiger partial charge on any atom is -0.303 e. The van der Waals surface area contributed by atoms with Crippen LogP contribution in [0.5, 0.6) is 0 Å². The van der Waals surface area contributed by atoms with Gasteiger partial charge in [-0.05, 0) is 44.7 Å². The van der Waals surface area contributed by atoms with E-state index in [2.05, 4.69) is 11.8 Å². The number of likely N-dealkylation sites (tertiary alicyclic amines) is 1. The summed E-state index contributed by atoms with van der Waals surface area (Å²) in [7, 11) is 0. The molecule has 0 saturated carbocycles. The van der Waals surface area contributed by atoms with Gasteiger partial charge < -0.3 is 4.90 Å². The first-order valence-electron chi connectivity index (χ1n) is 5.11. The Labute approximate surface area is 74.9 Å². The lowest BCUT2D eigenvalue weighted by Crippen LogP contribution is -2.26. The second kappa shape index (κ2) is 5.52. The van der Waals surface area contributed by atoms with E-state index in [1.54, 1.807) is 0 Å². The monoisotopic (exact) mass is 173 g/mol. The molecule has 0 bridgehead atoms. The molecule has 1 fully saturated rings. The van der Waals surface area contributed by atoms with Crippen molar-refractivity contribution in [1.29, 1.82) is 0 Å². The topological polar surface area (TPSA) is 3.24 Å². The van der Waals surface area contributed by atoms with Crippen LogP contribution >= 0.6 is 0 Å². The van der Waals surface area contributed by atoms with E-state index in [1.807, 2.05) is 0 Å². The van der Waals surface area contributed by atoms with Crippen LogP contribution in [0.4, 0.5) is 4.39 Å². The molecule has 1 heterocycles. The van der Waals surface area contributed by atoms with Gasteiger partial charge in [0.05, 0.1) is 6.67 Å². The Morgan fingerprint density at radius 3 is 2.92 bits per heavy atom. The van der Waals surface area contributed by atoms with E-state index in [0.717, 1.165) is 12.5 Å². The summed E-state index contributed by atoms with van der Waals surface area (Å²) in [5, 5.41) is 0. The van der Waals surface area contributed by atoms with Crippen LogP contribution in [0.15, 0.2) is 0 Å². The van der Waals surface area contributed by atoms with Gasteiger partial charge in [0.2, 0.25) is 0 Å². The second-order valence-electron chi connectivity index (χ2n) is 3.92. The predicted molar refractivity (Wildman–Crippen MR) is 50.0 cm³/mol. The van der Waals surface area contributed by atoms with E-state index in [0.29, 0.717) is 6.42 Å². The zero-order chi connectivity index (χ0) is 8.81. The first-order chi connectivity index (χ1) is 5.83. The highest BCUT2D eigenvalue weighted by Gasteiger charge is 2.12. The number of hydrogen-bond donors (Lipinski definition) is 0. The normalized spacial score (nSPS) is 27.0. The van der Waals surface area contributed by atoms with E-state index in [4.69, 9.17) is 0 Å². The Morgan fingerprint density at radius 1 is 1.33 bits per heavy atom. The maximum atomic E-state index is 11.9. The van der Waals surface area contributed by atoms with Crippen LogP contribution in [0.1, 0.15) is 32.6 Å². The summed E-state index contributed by atoms with van der Waals surface area (Å²) < 4.78 is 11.9. The Morgan fingerprint density at radius 2 is 2.17 bits per heavy atom. The molecular formula is C10H20FN. The van der Waals surface area contributed by atoms with Crippen molar-refractivity contribution in [3.63, 3.8) is 0 Å². The van der Waals surface area contributed by atoms with Gasteiger partial charge in [0.15, 0.2) is 0 Å². The van der Waals surface area contributed by atoms with Gasteiger partial charge in [0, 0.05) is 6.54 Å². The Kier molecular flexibility index (Phi) is 4.59. The molecule has 1 atom stereocenters. The highest BCUT2D eigenvalue weighted by molar-refractivity contribution is 4.66. The Balaban J connectivity index is 2.17. The van der Waals surface area contributed by atoms with Gasteiger partial charge in [-0.2, -0.15) is 0 Å². The molecule has 0 amide bonds. The molecule has 2 heteroatoms. The SMILES string of the molecule is CC1CCCN(CCCF)CC1. The third-order valence-electron chi connectivity index (χ3n) is 2.72. The van der Waals surface area contributed by atoms with Crippen LogP contribution in [-0.4, -0.2) is 31.2 Å². The fourth-order valence-corrected chi connectivity index (χ4v) is 1.83. The lowest BCUT2D eigenvalue weighted by atomic mass is 10.0. The standard InChI is InChI=1S/C10H20FN/c1-10-4-2-7-12(9-5-10)8-3-6-11/h10H,2-9H2,1H3. The van der Waals surface area contributed by atoms with Crippen LogP contribution in [0.3, 0.4) is 0 Å². The summed E-state index contributed by atoms with van der Waals surface area (Å²) in [4.78, 5) is 2.41. The minimum atomic E-state index is -0.161. The number of alkyl halides is 1. The van der Waals surface area contributed by atoms with Crippen LogP contribution in [0.25, 0.3) is 0 Å². The van der Waals surface area contributed by atoms with Crippen molar-refractivity contribution in [2.75, 3.05) is 26.3 Å². The average Bonchev–Trinajstić information content (AvgIpc) is 2.27. The quantitative estimate of drug-likeness (QED) is 0.633. The zero-order valence-corrected chi connectivity index (χ0v) is 8.06. The largest absolute Gasteiger partial charge is 0.303 e. The van der Waals surface area contributed by atoms with E-state index in [9.17, 15) is 4.39 Å². The van der Waals surface area contributed by atoms with Gasteiger partial charge in [-0.1, -0.05) is 6.92 Å². The number of hydrogen-bond acceptors (Lipinski definition) is 1. The highest BCUT2D eigenvalue weighted by Crippen LogP contribution is 2.16. The van der Waals surface area contributed by atoms with Gasteiger partial charge in [-0.15, -0.1) is 0 Å². The highest BCUT2D eigenvalue weighted by atomic mass is 19.1. The molecule has 0 N–H and O–H groups in total. The first-order valence-corrected chi connectivity index (χ1v) is 5.11. The molecule has 72 valence electrons. The third kappa shape index (κ3) is 3.53. The first kappa shape index (κ1) is 9.97. The maximum Gasteiger partial charge on any atom is 0.0906 e. The minimum absolute atomic E-state index is 0.161. The number of nitrogens with zero attached hydrogens (tertiary/aromatic N) is 1. The van der Waals surface area contributed by atoms with Crippen LogP contribution in [-0.2, 0) is 0 Å². The molecule has 1 aliphatic rings. The fraction of sp³-hybridized carbons (Fsp3) is 1.00. The summed E-state index contributed by atoms with van der Waals surface area (Å²) in [6, 6.07) is 0. The molecule has 0 aromatic rings. The molecule has 0 spiro atoms. The molecule has 1 aliphatic heterocycles. The lowest BCUT2D eigenvalue weighted by molar-refractivity contribution is 0.266. The van der Waals surface area contributed by atoms with Gasteiger partial charge in [0.1, 0.15) is 0 Å². The second-order valence-corrected chi connectivity index (χ2v) is 3.92. The molecule has 1 unspecified atom stereocenters. The maximum absolute atomic E-state index is 11.9. The van der Waals surface area contributed by atoms with Crippen molar-refractivity contribution in [1.82, 2.24) is 4.90 Å². The summed E-state index contributed by atoms with van der Waals surface area (Å²) in [5.41, 5.74) is 0. The molecule has 0 aliphatic carbocycles. The van der Waals surface area contributed by atoms with Crippen molar-refractivity contribution in [3.05, 3.63) is 0 Å². The summed E-state index contributed by atoms with van der Waals surface area (Å²) in [6.45, 7) is 5.49. The third-order valence-corrected chi connectivity index (χ3v) is 2.72. The Hall–Kier alpha value is -0.110. The molecule has 0 radical (unpaired) electrons. The average molecular weight is 173 g/mol. The van der Waals surface area contributed by atoms with Crippen molar-refractivity contribution in [3.8, 4) is 0 Å². The van der Waals surface area contributed by atoms with Crippen molar-refractivity contribution < 1.29 is 4.39 Å². The van der Waals surface area contributed by atoms with Gasteiger partial charge >= 0.3 is 0 Å². The predicted octanol–water partition coefficient (Wildman–Crippen LogP) is 2.47. The summed E-state index contributed by atoms with van der Waals surface area (Å²) in [5.74, 6) is 0.875. The Bertz CT molecular complexity index is 114. The molecule has 1 nitrogen and oxygen atoms in total. The van der Waals surface area contributed by atoms with E-state index in [1.165, 1.54) is 32.4 Å². The van der Waals surface area contributed by atoms with Crippen molar-refractivity contribution >= 4 is 0 Å². The zero-order valence-electron chi connectivity index (χ0n) is 8.06. The molecule has 1 rings (SSSR count). The van der Waals surface area contributed by atoms with Crippen LogP contribution in [0.2, 0.25) is 0 Å². The molecule has 12 heavy (non-hydrogen) atoms. The smallest absolute Gasteiger partial charge is 0.0906 e. The number of halogens is 1. The van der Waals surface area contributed by atoms with Crippen molar-refractivity contribution in [2.45, 2.75) is 32.6 Å². The fourth-order valence-electron chi connectivity index (χ4n) is 1.83. The van der Waals surface area contributed by atoms with E-state index in [-0.39, 0.29) is 6.67 Å². The van der Waals surface area contributed by atoms with E-state index >= 15 is 0 Å². The van der Waals surface area contributed by atoms with Crippen LogP contribution < -0.4 is 0 Å². The number of rotatable bonds is 3. The van der Waals surface area contributed by atoms with Crippen LogP contribution in [0, 0.1) is 5.92 Å². The van der Waals surface area contributed by atoms with Gasteiger partial charge in [-0.3, -0.25) is 4.39 Å². The van der Waals surface area contributed by atoms with Gasteiger partial charge in [0.25, 0.3) is 0 Å².